The number of anilines is 2. The van der Waals surface area contributed by atoms with Crippen LogP contribution < -0.4 is 15.8 Å². The van der Waals surface area contributed by atoms with Crippen LogP contribution >= 0.6 is 0 Å². The third kappa shape index (κ3) is 3.79. The van der Waals surface area contributed by atoms with Crippen LogP contribution in [-0.4, -0.2) is 17.6 Å². The van der Waals surface area contributed by atoms with Crippen molar-refractivity contribution >= 4 is 11.5 Å². The molecule has 1 aromatic rings. The van der Waals surface area contributed by atoms with Crippen molar-refractivity contribution in [3.05, 3.63) is 12.1 Å². The van der Waals surface area contributed by atoms with Gasteiger partial charge in [-0.2, -0.15) is 4.98 Å². The molecule has 18 heavy (non-hydrogen) atoms. The van der Waals surface area contributed by atoms with Crippen LogP contribution in [0.25, 0.3) is 0 Å². The van der Waals surface area contributed by atoms with E-state index < -0.39 is 0 Å². The van der Waals surface area contributed by atoms with Gasteiger partial charge in [-0.25, -0.2) is 0 Å². The third-order valence-electron chi connectivity index (χ3n) is 3.11. The molecule has 1 aliphatic rings. The van der Waals surface area contributed by atoms with Crippen molar-refractivity contribution in [1.82, 2.24) is 4.98 Å². The van der Waals surface area contributed by atoms with Crippen LogP contribution in [0.2, 0.25) is 0 Å². The van der Waals surface area contributed by atoms with Gasteiger partial charge in [-0.1, -0.05) is 19.8 Å². The molecule has 1 fully saturated rings. The molecule has 4 heteroatoms. The Bertz CT molecular complexity index is 391. The predicted octanol–water partition coefficient (Wildman–Crippen LogP) is 3.05. The van der Waals surface area contributed by atoms with Gasteiger partial charge in [0.2, 0.25) is 5.88 Å². The maximum atomic E-state index is 5.84. The molecule has 0 bridgehead atoms. The first kappa shape index (κ1) is 13.0. The molecule has 0 amide bonds. The van der Waals surface area contributed by atoms with Gasteiger partial charge in [0.1, 0.15) is 5.82 Å². The number of rotatable bonds is 7. The molecule has 1 unspecified atom stereocenters. The fourth-order valence-electron chi connectivity index (χ4n) is 2.01. The van der Waals surface area contributed by atoms with E-state index in [1.165, 1.54) is 19.3 Å². The van der Waals surface area contributed by atoms with Crippen molar-refractivity contribution in [2.45, 2.75) is 45.6 Å². The monoisotopic (exact) mass is 249 g/mol. The van der Waals surface area contributed by atoms with Gasteiger partial charge in [0.25, 0.3) is 0 Å². The zero-order valence-electron chi connectivity index (χ0n) is 11.3. The number of nitrogens with zero attached hydrogens (tertiary/aromatic N) is 1. The average Bonchev–Trinajstić information content (AvgIpc) is 3.13. The zero-order valence-corrected chi connectivity index (χ0v) is 11.3. The highest BCUT2D eigenvalue weighted by Crippen LogP contribution is 2.34. The van der Waals surface area contributed by atoms with E-state index in [2.05, 4.69) is 24.1 Å². The van der Waals surface area contributed by atoms with Gasteiger partial charge in [0, 0.05) is 6.04 Å². The molecule has 1 aromatic heterocycles. The van der Waals surface area contributed by atoms with Crippen molar-refractivity contribution < 1.29 is 4.74 Å². The molecule has 3 N–H and O–H groups in total. The van der Waals surface area contributed by atoms with E-state index in [1.807, 2.05) is 12.1 Å². The summed E-state index contributed by atoms with van der Waals surface area (Å²) < 4.78 is 5.53. The average molecular weight is 249 g/mol. The fourth-order valence-corrected chi connectivity index (χ4v) is 2.01. The van der Waals surface area contributed by atoms with Gasteiger partial charge in [0.05, 0.1) is 12.3 Å². The van der Waals surface area contributed by atoms with E-state index in [-0.39, 0.29) is 0 Å². The Morgan fingerprint density at radius 1 is 1.50 bits per heavy atom. The Labute approximate surface area is 109 Å². The summed E-state index contributed by atoms with van der Waals surface area (Å²) in [5.74, 6) is 2.31. The molecule has 2 rings (SSSR count). The van der Waals surface area contributed by atoms with E-state index in [1.54, 1.807) is 0 Å². The summed E-state index contributed by atoms with van der Waals surface area (Å²) in [6.45, 7) is 4.91. The summed E-state index contributed by atoms with van der Waals surface area (Å²) in [6.07, 6.45) is 4.94. The summed E-state index contributed by atoms with van der Waals surface area (Å²) in [7, 11) is 0. The lowest BCUT2D eigenvalue weighted by atomic mass is 10.1. The third-order valence-corrected chi connectivity index (χ3v) is 3.11. The van der Waals surface area contributed by atoms with Gasteiger partial charge >= 0.3 is 0 Å². The first-order valence-electron chi connectivity index (χ1n) is 6.85. The quantitative estimate of drug-likeness (QED) is 0.779. The number of hydrogen-bond acceptors (Lipinski definition) is 4. The largest absolute Gasteiger partial charge is 0.476 e. The number of nitrogens with two attached hydrogens (primary N) is 1. The Morgan fingerprint density at radius 2 is 2.28 bits per heavy atom. The van der Waals surface area contributed by atoms with Crippen LogP contribution in [0.3, 0.4) is 0 Å². The Morgan fingerprint density at radius 3 is 2.94 bits per heavy atom. The number of pyridine rings is 1. The molecule has 1 atom stereocenters. The van der Waals surface area contributed by atoms with Crippen LogP contribution in [0.4, 0.5) is 11.5 Å². The number of nitrogens with one attached hydrogen (secondary N) is 1. The molecule has 0 radical (unpaired) electrons. The maximum Gasteiger partial charge on any atom is 0.239 e. The highest BCUT2D eigenvalue weighted by Gasteiger charge is 2.23. The van der Waals surface area contributed by atoms with E-state index in [9.17, 15) is 0 Å². The number of aromatic nitrogens is 1. The predicted molar refractivity (Wildman–Crippen MR) is 74.9 cm³/mol. The van der Waals surface area contributed by atoms with Crippen LogP contribution in [0.15, 0.2) is 12.1 Å². The second-order valence-corrected chi connectivity index (χ2v) is 5.16. The minimum Gasteiger partial charge on any atom is -0.476 e. The summed E-state index contributed by atoms with van der Waals surface area (Å²) in [4.78, 5) is 4.42. The number of nitrogen functional groups attached to an aromatic ring is 1. The fraction of sp³-hybridized carbons (Fsp3) is 0.643. The molecular formula is C14H23N3O. The molecule has 1 aliphatic carbocycles. The van der Waals surface area contributed by atoms with Crippen molar-refractivity contribution in [2.75, 3.05) is 17.7 Å². The van der Waals surface area contributed by atoms with Gasteiger partial charge in [-0.3, -0.25) is 0 Å². The van der Waals surface area contributed by atoms with Crippen molar-refractivity contribution in [2.24, 2.45) is 5.92 Å². The van der Waals surface area contributed by atoms with Crippen LogP contribution in [0.5, 0.6) is 5.88 Å². The van der Waals surface area contributed by atoms with Crippen molar-refractivity contribution in [1.29, 1.82) is 0 Å². The summed E-state index contributed by atoms with van der Waals surface area (Å²) >= 11 is 0. The molecule has 0 aromatic carbocycles. The lowest BCUT2D eigenvalue weighted by molar-refractivity contribution is 0.307. The Balaban J connectivity index is 1.94. The first-order chi connectivity index (χ1) is 8.69. The molecule has 0 aliphatic heterocycles. The number of hydrogen-bond donors (Lipinski definition) is 2. The van der Waals surface area contributed by atoms with Crippen molar-refractivity contribution in [3.63, 3.8) is 0 Å². The molecule has 1 saturated carbocycles. The van der Waals surface area contributed by atoms with Gasteiger partial charge in [0.15, 0.2) is 0 Å². The molecule has 4 nitrogen and oxygen atoms in total. The minimum absolute atomic E-state index is 0.452. The second kappa shape index (κ2) is 5.94. The topological polar surface area (TPSA) is 60.2 Å². The highest BCUT2D eigenvalue weighted by atomic mass is 16.5. The minimum atomic E-state index is 0.452. The zero-order chi connectivity index (χ0) is 13.0. The van der Waals surface area contributed by atoms with Gasteiger partial charge in [-0.05, 0) is 37.8 Å². The van der Waals surface area contributed by atoms with Crippen LogP contribution in [0.1, 0.15) is 39.5 Å². The SMILES string of the molecule is CCCOc1nc(NC(C)CC2CC2)ccc1N. The maximum absolute atomic E-state index is 5.84. The van der Waals surface area contributed by atoms with E-state index in [0.29, 0.717) is 24.2 Å². The lowest BCUT2D eigenvalue weighted by Crippen LogP contribution is -2.17. The Hall–Kier alpha value is -1.45. The van der Waals surface area contributed by atoms with E-state index >= 15 is 0 Å². The molecule has 0 saturated heterocycles. The molecule has 0 spiro atoms. The lowest BCUT2D eigenvalue weighted by Gasteiger charge is -2.15. The molecule has 100 valence electrons. The van der Waals surface area contributed by atoms with E-state index in [0.717, 1.165) is 18.2 Å². The van der Waals surface area contributed by atoms with Gasteiger partial charge < -0.3 is 15.8 Å². The first-order valence-corrected chi connectivity index (χ1v) is 6.85. The highest BCUT2D eigenvalue weighted by molar-refractivity contribution is 5.53. The Kier molecular flexibility index (Phi) is 4.28. The summed E-state index contributed by atoms with van der Waals surface area (Å²) in [6, 6.07) is 4.22. The van der Waals surface area contributed by atoms with Crippen molar-refractivity contribution in [3.8, 4) is 5.88 Å². The van der Waals surface area contributed by atoms with Crippen LogP contribution in [-0.2, 0) is 0 Å². The standard InChI is InChI=1S/C14H23N3O/c1-3-8-18-14-12(15)6-7-13(17-14)16-10(2)9-11-4-5-11/h6-7,10-11H,3-5,8-9,15H2,1-2H3,(H,16,17). The summed E-state index contributed by atoms with van der Waals surface area (Å²) in [5, 5.41) is 3.41. The number of ether oxygens (including phenoxy) is 1. The van der Waals surface area contributed by atoms with E-state index in [4.69, 9.17) is 10.5 Å². The smallest absolute Gasteiger partial charge is 0.239 e. The second-order valence-electron chi connectivity index (χ2n) is 5.16. The van der Waals surface area contributed by atoms with Crippen LogP contribution in [0, 0.1) is 5.92 Å². The normalized spacial score (nSPS) is 16.3. The molecular weight excluding hydrogens is 226 g/mol. The molecule has 1 heterocycles. The van der Waals surface area contributed by atoms with Gasteiger partial charge in [-0.15, -0.1) is 0 Å². The summed E-state index contributed by atoms with van der Waals surface area (Å²) in [5.41, 5.74) is 6.44.